The van der Waals surface area contributed by atoms with Crippen LogP contribution in [0.25, 0.3) is 0 Å². The predicted molar refractivity (Wildman–Crippen MR) is 68.5 cm³/mol. The molecule has 0 atom stereocenters. The number of nitriles is 1. The van der Waals surface area contributed by atoms with Crippen molar-refractivity contribution in [3.05, 3.63) is 51.4 Å². The van der Waals surface area contributed by atoms with Crippen LogP contribution in [-0.4, -0.2) is 23.8 Å². The monoisotopic (exact) mass is 288 g/mol. The molecule has 0 saturated heterocycles. The van der Waals surface area contributed by atoms with Gasteiger partial charge >= 0.3 is 5.97 Å². The summed E-state index contributed by atoms with van der Waals surface area (Å²) in [4.78, 5) is 30.4. The second-order valence-electron chi connectivity index (χ2n) is 3.76. The summed E-state index contributed by atoms with van der Waals surface area (Å²) in [6.45, 7) is 0. The van der Waals surface area contributed by atoms with Gasteiger partial charge in [0, 0.05) is 17.7 Å². The Balaban J connectivity index is 2.40. The number of nitro groups is 1. The van der Waals surface area contributed by atoms with Crippen molar-refractivity contribution in [1.82, 2.24) is 5.48 Å². The minimum Gasteiger partial charge on any atom is -0.465 e. The fourth-order valence-electron chi connectivity index (χ4n) is 1.52. The molecule has 106 valence electrons. The van der Waals surface area contributed by atoms with E-state index in [0.717, 1.165) is 7.11 Å². The number of nitrogens with one attached hydrogen (secondary N) is 1. The molecule has 0 spiro atoms. The quantitative estimate of drug-likeness (QED) is 0.286. The zero-order valence-electron chi connectivity index (χ0n) is 10.7. The Morgan fingerprint density at radius 2 is 2.33 bits per heavy atom. The second-order valence-corrected chi connectivity index (χ2v) is 3.76. The molecule has 0 unspecified atom stereocenters. The Kier molecular flexibility index (Phi) is 3.80. The van der Waals surface area contributed by atoms with Crippen LogP contribution in [0, 0.1) is 21.4 Å². The Bertz CT molecular complexity index is 717. The molecule has 0 radical (unpaired) electrons. The second kappa shape index (κ2) is 5.70. The van der Waals surface area contributed by atoms with E-state index in [1.807, 2.05) is 0 Å². The lowest BCUT2D eigenvalue weighted by Crippen LogP contribution is -2.17. The topological polar surface area (TPSA) is 127 Å². The van der Waals surface area contributed by atoms with Gasteiger partial charge in [-0.15, -0.1) is 0 Å². The van der Waals surface area contributed by atoms with Gasteiger partial charge in [-0.1, -0.05) is 12.1 Å². The molecule has 1 N–H and O–H groups in total. The van der Waals surface area contributed by atoms with Crippen molar-refractivity contribution in [3.63, 3.8) is 0 Å². The number of nitrogens with zero attached hydrogens (tertiary/aromatic N) is 3. The van der Waals surface area contributed by atoms with Crippen molar-refractivity contribution in [3.8, 4) is 6.07 Å². The zero-order valence-corrected chi connectivity index (χ0v) is 10.7. The fourth-order valence-corrected chi connectivity index (χ4v) is 1.52. The molecule has 0 fully saturated rings. The van der Waals surface area contributed by atoms with Crippen molar-refractivity contribution in [2.24, 2.45) is 4.99 Å². The van der Waals surface area contributed by atoms with Gasteiger partial charge in [0.15, 0.2) is 5.84 Å². The number of ether oxygens (including phenoxy) is 1. The number of esters is 1. The Hall–Kier alpha value is -3.41. The number of benzene rings is 1. The van der Waals surface area contributed by atoms with Crippen LogP contribution < -0.4 is 5.48 Å². The van der Waals surface area contributed by atoms with Gasteiger partial charge in [0.25, 0.3) is 11.6 Å². The molecule has 0 saturated carbocycles. The first kappa shape index (κ1) is 14.0. The van der Waals surface area contributed by atoms with Crippen molar-refractivity contribution in [1.29, 1.82) is 5.26 Å². The number of aliphatic imine (C=N–C) groups is 1. The summed E-state index contributed by atoms with van der Waals surface area (Å²) >= 11 is 0. The first-order chi connectivity index (χ1) is 10.1. The number of rotatable bonds is 3. The first-order valence-corrected chi connectivity index (χ1v) is 5.56. The zero-order chi connectivity index (χ0) is 15.4. The highest BCUT2D eigenvalue weighted by Crippen LogP contribution is 2.18. The average Bonchev–Trinajstić information content (AvgIpc) is 2.97. The number of hydroxylamine groups is 1. The van der Waals surface area contributed by atoms with Gasteiger partial charge in [-0.2, -0.15) is 10.3 Å². The maximum absolute atomic E-state index is 11.3. The number of carbonyl (C=O) groups is 1. The third kappa shape index (κ3) is 2.79. The average molecular weight is 288 g/mol. The van der Waals surface area contributed by atoms with Crippen molar-refractivity contribution in [2.75, 3.05) is 7.11 Å². The molecule has 9 nitrogen and oxygen atoms in total. The van der Waals surface area contributed by atoms with E-state index in [4.69, 9.17) is 10.1 Å². The summed E-state index contributed by atoms with van der Waals surface area (Å²) in [7, 11) is 1.12. The molecule has 0 amide bonds. The van der Waals surface area contributed by atoms with E-state index in [1.165, 1.54) is 18.2 Å². The van der Waals surface area contributed by atoms with Crippen LogP contribution in [0.2, 0.25) is 0 Å². The molecule has 1 aliphatic heterocycles. The van der Waals surface area contributed by atoms with Crippen LogP contribution >= 0.6 is 0 Å². The molecule has 9 heteroatoms. The van der Waals surface area contributed by atoms with Crippen molar-refractivity contribution in [2.45, 2.75) is 0 Å². The molecule has 0 bridgehead atoms. The lowest BCUT2D eigenvalue weighted by atomic mass is 10.2. The first-order valence-electron chi connectivity index (χ1n) is 5.56. The third-order valence-electron chi connectivity index (χ3n) is 2.50. The van der Waals surface area contributed by atoms with Crippen LogP contribution in [0.1, 0.15) is 5.56 Å². The van der Waals surface area contributed by atoms with Crippen LogP contribution in [0.3, 0.4) is 0 Å². The summed E-state index contributed by atoms with van der Waals surface area (Å²) in [5.74, 6) is -1.01. The minimum absolute atomic E-state index is 0.122. The van der Waals surface area contributed by atoms with E-state index in [-0.39, 0.29) is 17.4 Å². The standard InChI is InChI=1S/C12H8N4O5/c1-20-12(17)9(6-13)11-14-10(15-21-11)7-3-2-4-8(5-7)16(18)19/h2-5H,1H3,(H,14,15)/b11-9+. The maximum atomic E-state index is 11.3. The lowest BCUT2D eigenvalue weighted by molar-refractivity contribution is -0.384. The van der Waals surface area contributed by atoms with Gasteiger partial charge in [0.05, 0.1) is 12.0 Å². The number of amidine groups is 1. The minimum atomic E-state index is -0.890. The summed E-state index contributed by atoms with van der Waals surface area (Å²) in [5, 5.41) is 19.6. The number of methoxy groups -OCH3 is 1. The highest BCUT2D eigenvalue weighted by molar-refractivity contribution is 6.01. The molecule has 2 rings (SSSR count). The number of carbonyl (C=O) groups excluding carboxylic acids is 1. The third-order valence-corrected chi connectivity index (χ3v) is 2.50. The summed E-state index contributed by atoms with van der Waals surface area (Å²) in [6, 6.07) is 7.27. The Labute approximate surface area is 118 Å². The van der Waals surface area contributed by atoms with Crippen LogP contribution in [0.15, 0.2) is 40.7 Å². The normalized spacial score (nSPS) is 15.1. The van der Waals surface area contributed by atoms with Crippen LogP contribution in [0.4, 0.5) is 5.69 Å². The summed E-state index contributed by atoms with van der Waals surface area (Å²) < 4.78 is 4.42. The molecule has 1 aliphatic rings. The van der Waals surface area contributed by atoms with Gasteiger partial charge in [0.2, 0.25) is 5.57 Å². The Morgan fingerprint density at radius 3 is 2.95 bits per heavy atom. The van der Waals surface area contributed by atoms with Gasteiger partial charge < -0.3 is 9.57 Å². The fraction of sp³-hybridized carbons (Fsp3) is 0.0833. The highest BCUT2D eigenvalue weighted by Gasteiger charge is 2.24. The maximum Gasteiger partial charge on any atom is 0.354 e. The molecule has 1 heterocycles. The van der Waals surface area contributed by atoms with E-state index in [1.54, 1.807) is 12.1 Å². The lowest BCUT2D eigenvalue weighted by Gasteiger charge is -2.00. The van der Waals surface area contributed by atoms with Gasteiger partial charge in [-0.25, -0.2) is 10.3 Å². The van der Waals surface area contributed by atoms with Crippen molar-refractivity contribution >= 4 is 17.5 Å². The van der Waals surface area contributed by atoms with Gasteiger partial charge in [-0.3, -0.25) is 10.1 Å². The SMILES string of the molecule is COC(=O)/C(C#N)=C1\N=C(c2cccc([N+](=O)[O-])c2)NO1. The van der Waals surface area contributed by atoms with E-state index >= 15 is 0 Å². The van der Waals surface area contributed by atoms with E-state index in [2.05, 4.69) is 15.2 Å². The molecule has 0 aliphatic carbocycles. The number of nitro benzene ring substituents is 1. The van der Waals surface area contributed by atoms with E-state index in [9.17, 15) is 14.9 Å². The Morgan fingerprint density at radius 1 is 1.57 bits per heavy atom. The molecule has 0 aromatic heterocycles. The number of hydrogen-bond acceptors (Lipinski definition) is 8. The van der Waals surface area contributed by atoms with E-state index < -0.39 is 16.5 Å². The predicted octanol–water partition coefficient (Wildman–Crippen LogP) is 0.784. The molecule has 1 aromatic carbocycles. The molecular weight excluding hydrogens is 280 g/mol. The smallest absolute Gasteiger partial charge is 0.354 e. The number of hydrogen-bond donors (Lipinski definition) is 1. The van der Waals surface area contributed by atoms with Crippen LogP contribution in [-0.2, 0) is 14.4 Å². The molecule has 1 aromatic rings. The van der Waals surface area contributed by atoms with Crippen LogP contribution in [0.5, 0.6) is 0 Å². The van der Waals surface area contributed by atoms with Gasteiger partial charge in [0.1, 0.15) is 6.07 Å². The molecule has 21 heavy (non-hydrogen) atoms. The summed E-state index contributed by atoms with van der Waals surface area (Å²) in [6.07, 6.45) is 0. The largest absolute Gasteiger partial charge is 0.465 e. The highest BCUT2D eigenvalue weighted by atomic mass is 16.7. The van der Waals surface area contributed by atoms with E-state index in [0.29, 0.717) is 5.56 Å². The summed E-state index contributed by atoms with van der Waals surface area (Å²) in [5.41, 5.74) is 2.24. The van der Waals surface area contributed by atoms with Crippen molar-refractivity contribution < 1.29 is 19.3 Å². The molecular formula is C12H8N4O5. The van der Waals surface area contributed by atoms with Gasteiger partial charge in [-0.05, 0) is 0 Å². The number of non-ortho nitro benzene ring substituents is 1.